The lowest BCUT2D eigenvalue weighted by Gasteiger charge is -2.27. The molecule has 1 aliphatic rings. The van der Waals surface area contributed by atoms with Crippen LogP contribution < -0.4 is 11.1 Å². The van der Waals surface area contributed by atoms with Crippen molar-refractivity contribution in [3.8, 4) is 0 Å². The largest absolute Gasteiger partial charge is 0.384 e. The number of aromatic nitrogens is 1. The molecule has 0 atom stereocenters. The Labute approximate surface area is 91.1 Å². The van der Waals surface area contributed by atoms with Crippen LogP contribution in [0.4, 0.5) is 11.6 Å². The molecular weight excluding hydrogens is 186 g/mol. The van der Waals surface area contributed by atoms with Crippen molar-refractivity contribution >= 4 is 11.6 Å². The Kier molecular flexibility index (Phi) is 3.09. The molecule has 15 heavy (non-hydrogen) atoms. The fourth-order valence-electron chi connectivity index (χ4n) is 2.15. The van der Waals surface area contributed by atoms with Gasteiger partial charge in [0.1, 0.15) is 11.6 Å². The van der Waals surface area contributed by atoms with Gasteiger partial charge in [0.05, 0.1) is 0 Å². The summed E-state index contributed by atoms with van der Waals surface area (Å²) in [5.74, 6) is 2.38. The molecule has 82 valence electrons. The Bertz CT molecular complexity index is 316. The summed E-state index contributed by atoms with van der Waals surface area (Å²) in [5.41, 5.74) is 5.63. The Morgan fingerprint density at radius 1 is 1.27 bits per heavy atom. The zero-order chi connectivity index (χ0) is 10.7. The van der Waals surface area contributed by atoms with E-state index in [0.29, 0.717) is 11.9 Å². The zero-order valence-electron chi connectivity index (χ0n) is 9.24. The molecular formula is C12H19N3. The molecule has 3 nitrogen and oxygen atoms in total. The lowest BCUT2D eigenvalue weighted by Crippen LogP contribution is -2.25. The fraction of sp³-hybridized carbons (Fsp3) is 0.583. The van der Waals surface area contributed by atoms with Crippen LogP contribution in [0.2, 0.25) is 0 Å². The summed E-state index contributed by atoms with van der Waals surface area (Å²) in [6.07, 6.45) is 5.13. The molecule has 1 aromatic heterocycles. The molecule has 3 heteroatoms. The summed E-state index contributed by atoms with van der Waals surface area (Å²) in [6.45, 7) is 2.33. The number of rotatable bonds is 2. The lowest BCUT2D eigenvalue weighted by atomic mass is 9.87. The quantitative estimate of drug-likeness (QED) is 0.780. The van der Waals surface area contributed by atoms with Gasteiger partial charge in [-0.2, -0.15) is 0 Å². The maximum Gasteiger partial charge on any atom is 0.128 e. The minimum absolute atomic E-state index is 0.579. The Morgan fingerprint density at radius 2 is 2.00 bits per heavy atom. The highest BCUT2D eigenvalue weighted by molar-refractivity contribution is 5.42. The first-order valence-corrected chi connectivity index (χ1v) is 5.73. The number of nitrogen functional groups attached to an aromatic ring is 1. The van der Waals surface area contributed by atoms with E-state index in [9.17, 15) is 0 Å². The van der Waals surface area contributed by atoms with Crippen molar-refractivity contribution in [3.63, 3.8) is 0 Å². The smallest absolute Gasteiger partial charge is 0.128 e. The highest BCUT2D eigenvalue weighted by atomic mass is 15.0. The third-order valence-electron chi connectivity index (χ3n) is 3.14. The van der Waals surface area contributed by atoms with E-state index >= 15 is 0 Å². The molecule has 3 N–H and O–H groups in total. The van der Waals surface area contributed by atoms with E-state index in [0.717, 1.165) is 11.7 Å². The van der Waals surface area contributed by atoms with Crippen LogP contribution in [-0.4, -0.2) is 11.0 Å². The third-order valence-corrected chi connectivity index (χ3v) is 3.14. The van der Waals surface area contributed by atoms with E-state index in [1.807, 2.05) is 18.2 Å². The molecule has 0 aliphatic heterocycles. The summed E-state index contributed by atoms with van der Waals surface area (Å²) < 4.78 is 0. The van der Waals surface area contributed by atoms with Gasteiger partial charge >= 0.3 is 0 Å². The molecule has 0 saturated heterocycles. The number of hydrogen-bond donors (Lipinski definition) is 2. The van der Waals surface area contributed by atoms with E-state index in [4.69, 9.17) is 5.73 Å². The molecule has 1 fully saturated rings. The van der Waals surface area contributed by atoms with E-state index < -0.39 is 0 Å². The topological polar surface area (TPSA) is 50.9 Å². The van der Waals surface area contributed by atoms with Gasteiger partial charge in [-0.15, -0.1) is 0 Å². The van der Waals surface area contributed by atoms with Crippen LogP contribution in [0, 0.1) is 5.92 Å². The third kappa shape index (κ3) is 2.85. The predicted molar refractivity (Wildman–Crippen MR) is 63.7 cm³/mol. The summed E-state index contributed by atoms with van der Waals surface area (Å²) in [6, 6.07) is 6.31. The van der Waals surface area contributed by atoms with Gasteiger partial charge in [0.15, 0.2) is 0 Å². The number of nitrogens with two attached hydrogens (primary N) is 1. The van der Waals surface area contributed by atoms with Gasteiger partial charge < -0.3 is 11.1 Å². The van der Waals surface area contributed by atoms with Crippen LogP contribution in [0.25, 0.3) is 0 Å². The molecule has 1 aromatic rings. The maximum atomic E-state index is 5.63. The Balaban J connectivity index is 1.92. The van der Waals surface area contributed by atoms with Crippen molar-refractivity contribution in [1.29, 1.82) is 0 Å². The minimum Gasteiger partial charge on any atom is -0.384 e. The molecule has 0 radical (unpaired) electrons. The van der Waals surface area contributed by atoms with Crippen LogP contribution in [-0.2, 0) is 0 Å². The standard InChI is InChI=1S/C12H19N3/c1-9-5-7-10(8-6-9)14-12-4-2-3-11(13)15-12/h2-4,9-10H,5-8H2,1H3,(H3,13,14,15). The molecule has 0 unspecified atom stereocenters. The number of hydrogen-bond acceptors (Lipinski definition) is 3. The molecule has 0 amide bonds. The predicted octanol–water partition coefficient (Wildman–Crippen LogP) is 2.65. The molecule has 0 aromatic carbocycles. The summed E-state index contributed by atoms with van der Waals surface area (Å²) in [5, 5.41) is 3.45. The van der Waals surface area contributed by atoms with Crippen LogP contribution >= 0.6 is 0 Å². The van der Waals surface area contributed by atoms with E-state index in [1.54, 1.807) is 0 Å². The van der Waals surface area contributed by atoms with Gasteiger partial charge in [-0.25, -0.2) is 4.98 Å². The monoisotopic (exact) mass is 205 g/mol. The zero-order valence-corrected chi connectivity index (χ0v) is 9.24. The number of nitrogens with one attached hydrogen (secondary N) is 1. The van der Waals surface area contributed by atoms with Gasteiger partial charge in [0.25, 0.3) is 0 Å². The number of nitrogens with zero attached hydrogens (tertiary/aromatic N) is 1. The Morgan fingerprint density at radius 3 is 2.67 bits per heavy atom. The fourth-order valence-corrected chi connectivity index (χ4v) is 2.15. The van der Waals surface area contributed by atoms with Crippen LogP contribution in [0.1, 0.15) is 32.6 Å². The molecule has 2 rings (SSSR count). The van der Waals surface area contributed by atoms with E-state index in [2.05, 4.69) is 17.2 Å². The van der Waals surface area contributed by atoms with E-state index in [-0.39, 0.29) is 0 Å². The summed E-state index contributed by atoms with van der Waals surface area (Å²) in [7, 11) is 0. The second-order valence-corrected chi connectivity index (χ2v) is 4.55. The second kappa shape index (κ2) is 4.51. The first kappa shape index (κ1) is 10.3. The molecule has 1 aliphatic carbocycles. The van der Waals surface area contributed by atoms with Crippen LogP contribution in [0.5, 0.6) is 0 Å². The number of pyridine rings is 1. The van der Waals surface area contributed by atoms with Crippen molar-refractivity contribution in [2.45, 2.75) is 38.6 Å². The van der Waals surface area contributed by atoms with Crippen molar-refractivity contribution in [1.82, 2.24) is 4.98 Å². The molecule has 0 bridgehead atoms. The van der Waals surface area contributed by atoms with Crippen molar-refractivity contribution in [2.75, 3.05) is 11.1 Å². The minimum atomic E-state index is 0.579. The summed E-state index contributed by atoms with van der Waals surface area (Å²) in [4.78, 5) is 4.25. The van der Waals surface area contributed by atoms with E-state index in [1.165, 1.54) is 25.7 Å². The highest BCUT2D eigenvalue weighted by Gasteiger charge is 2.17. The Hall–Kier alpha value is -1.25. The molecule has 1 saturated carbocycles. The average molecular weight is 205 g/mol. The highest BCUT2D eigenvalue weighted by Crippen LogP contribution is 2.25. The molecule has 1 heterocycles. The van der Waals surface area contributed by atoms with Gasteiger partial charge in [0.2, 0.25) is 0 Å². The van der Waals surface area contributed by atoms with Crippen LogP contribution in [0.15, 0.2) is 18.2 Å². The SMILES string of the molecule is CC1CCC(Nc2cccc(N)n2)CC1. The van der Waals surface area contributed by atoms with Crippen molar-refractivity contribution in [3.05, 3.63) is 18.2 Å². The average Bonchev–Trinajstić information content (AvgIpc) is 2.22. The first-order valence-electron chi connectivity index (χ1n) is 5.73. The lowest BCUT2D eigenvalue weighted by molar-refractivity contribution is 0.361. The van der Waals surface area contributed by atoms with Crippen molar-refractivity contribution < 1.29 is 0 Å². The second-order valence-electron chi connectivity index (χ2n) is 4.55. The normalized spacial score (nSPS) is 26.2. The summed E-state index contributed by atoms with van der Waals surface area (Å²) >= 11 is 0. The van der Waals surface area contributed by atoms with Gasteiger partial charge in [-0.1, -0.05) is 13.0 Å². The van der Waals surface area contributed by atoms with Crippen LogP contribution in [0.3, 0.4) is 0 Å². The number of anilines is 2. The maximum absolute atomic E-state index is 5.63. The van der Waals surface area contributed by atoms with Gasteiger partial charge in [-0.05, 0) is 43.7 Å². The van der Waals surface area contributed by atoms with Gasteiger partial charge in [-0.3, -0.25) is 0 Å². The van der Waals surface area contributed by atoms with Crippen molar-refractivity contribution in [2.24, 2.45) is 5.92 Å². The molecule has 0 spiro atoms. The van der Waals surface area contributed by atoms with Gasteiger partial charge in [0, 0.05) is 6.04 Å². The first-order chi connectivity index (χ1) is 7.24.